The van der Waals surface area contributed by atoms with Crippen LogP contribution < -0.4 is 51.3 Å². The Morgan fingerprint density at radius 2 is 0.471 bits per heavy atom. The molecule has 0 saturated carbocycles. The molecule has 0 unspecified atom stereocenters. The van der Waals surface area contributed by atoms with Crippen LogP contribution in [0, 0.1) is 0 Å². The van der Waals surface area contributed by atoms with Crippen molar-refractivity contribution in [2.45, 2.75) is 10.8 Å². The van der Waals surface area contributed by atoms with Gasteiger partial charge in [-0.3, -0.25) is 0 Å². The number of rotatable bonds is 10. The molecule has 0 aliphatic carbocycles. The first-order valence-corrected chi connectivity index (χ1v) is 40.4. The summed E-state index contributed by atoms with van der Waals surface area (Å²) in [5.74, 6) is 0. The molecule has 0 N–H and O–H groups in total. The van der Waals surface area contributed by atoms with Crippen molar-refractivity contribution in [3.8, 4) is 22.3 Å². The summed E-state index contributed by atoms with van der Waals surface area (Å²) in [7, 11) is -5.93. The zero-order chi connectivity index (χ0) is 68.6. The van der Waals surface area contributed by atoms with Crippen molar-refractivity contribution in [2.24, 2.45) is 0 Å². The normalized spacial score (nSPS) is 14.8. The van der Waals surface area contributed by atoms with Gasteiger partial charge in [-0.05, 0) is 203 Å². The summed E-state index contributed by atoms with van der Waals surface area (Å²) in [6.07, 6.45) is 0. The second-order valence-corrected chi connectivity index (χ2v) is 35.9. The summed E-state index contributed by atoms with van der Waals surface area (Å²) in [5.41, 5.74) is 20.7. The van der Waals surface area contributed by atoms with Gasteiger partial charge in [0, 0.05) is 11.4 Å². The molecule has 2 nitrogen and oxygen atoms in total. The number of para-hydroxylation sites is 2. The molecule has 0 spiro atoms. The van der Waals surface area contributed by atoms with Crippen LogP contribution in [0.3, 0.4) is 0 Å². The summed E-state index contributed by atoms with van der Waals surface area (Å²) >= 11 is 0. The van der Waals surface area contributed by atoms with Gasteiger partial charge in [0.05, 0.1) is 33.6 Å². The van der Waals surface area contributed by atoms with E-state index in [1.54, 1.807) is 0 Å². The molecule has 0 fully saturated rings. The Balaban J connectivity index is 0.786. The molecule has 21 rings (SSSR count). The van der Waals surface area contributed by atoms with Crippen molar-refractivity contribution in [1.82, 2.24) is 0 Å². The molecule has 4 aliphatic heterocycles. The molecular formula is C100H68N2Si2. The fourth-order valence-corrected chi connectivity index (χ4v) is 30.0. The minimum absolute atomic E-state index is 0.689. The quantitative estimate of drug-likeness (QED) is 0.0995. The van der Waals surface area contributed by atoms with E-state index in [1.165, 1.54) is 141 Å². The fourth-order valence-electron chi connectivity index (χ4n) is 19.6. The lowest BCUT2D eigenvalue weighted by molar-refractivity contribution is 0.732. The third-order valence-electron chi connectivity index (χ3n) is 23.6. The maximum absolute atomic E-state index is 2.96. The van der Waals surface area contributed by atoms with Crippen molar-refractivity contribution >= 4 is 113 Å². The molecule has 104 heavy (non-hydrogen) atoms. The minimum Gasteiger partial charge on any atom is -0.310 e. The highest BCUT2D eigenvalue weighted by molar-refractivity contribution is 7.23. The Bertz CT molecular complexity index is 5690. The number of anilines is 6. The minimum atomic E-state index is -2.96. The molecule has 0 atom stereocenters. The second kappa shape index (κ2) is 23.4. The van der Waals surface area contributed by atoms with E-state index in [4.69, 9.17) is 0 Å². The van der Waals surface area contributed by atoms with Gasteiger partial charge in [0.15, 0.2) is 16.1 Å². The molecule has 0 saturated heterocycles. The lowest BCUT2D eigenvalue weighted by Gasteiger charge is -2.47. The third-order valence-corrected chi connectivity index (χ3v) is 33.4. The SMILES string of the molecule is c1ccc(C2(c3ccccc3)c3ccccc3N(c3ccc4cc5cc(N6c7ccccc7C(c7ccccc7)(c7ccccc7)c7cc8c(cc76)[Si](c6ccccc6)(c6ccccc6)c6ccccc6-8)ccc5cc4c3)c3cc4c(cc32)-c2ccccc2[Si]4(c2ccccc2)c2ccccc2)cc1. The van der Waals surface area contributed by atoms with Crippen LogP contribution in [-0.2, 0) is 10.8 Å². The number of fused-ring (bicyclic) bond motifs is 12. The van der Waals surface area contributed by atoms with Gasteiger partial charge in [-0.1, -0.05) is 340 Å². The van der Waals surface area contributed by atoms with Gasteiger partial charge in [0.25, 0.3) is 0 Å². The van der Waals surface area contributed by atoms with Crippen LogP contribution in [0.4, 0.5) is 34.1 Å². The fraction of sp³-hybridized carbons (Fsp3) is 0.0200. The second-order valence-electron chi connectivity index (χ2n) is 28.5. The van der Waals surface area contributed by atoms with Crippen molar-refractivity contribution in [1.29, 1.82) is 0 Å². The topological polar surface area (TPSA) is 6.48 Å². The molecule has 0 amide bonds. The van der Waals surface area contributed by atoms with Crippen molar-refractivity contribution in [2.75, 3.05) is 9.80 Å². The van der Waals surface area contributed by atoms with Gasteiger partial charge in [0.1, 0.15) is 0 Å². The highest BCUT2D eigenvalue weighted by atomic mass is 28.3. The van der Waals surface area contributed by atoms with Crippen LogP contribution in [0.2, 0.25) is 0 Å². The van der Waals surface area contributed by atoms with Crippen LogP contribution in [0.25, 0.3) is 43.8 Å². The van der Waals surface area contributed by atoms with Gasteiger partial charge in [-0.25, -0.2) is 0 Å². The smallest absolute Gasteiger partial charge is 0.180 e. The monoisotopic (exact) mass is 1350 g/mol. The Morgan fingerprint density at radius 1 is 0.183 bits per heavy atom. The van der Waals surface area contributed by atoms with Crippen LogP contribution in [0.1, 0.15) is 44.5 Å². The first-order valence-electron chi connectivity index (χ1n) is 36.4. The van der Waals surface area contributed by atoms with Crippen LogP contribution in [0.15, 0.2) is 413 Å². The number of benzene rings is 17. The van der Waals surface area contributed by atoms with Gasteiger partial charge in [-0.2, -0.15) is 0 Å². The van der Waals surface area contributed by atoms with E-state index in [0.717, 1.165) is 22.7 Å². The summed E-state index contributed by atoms with van der Waals surface area (Å²) in [5, 5.41) is 15.9. The molecule has 486 valence electrons. The zero-order valence-electron chi connectivity index (χ0n) is 57.2. The van der Waals surface area contributed by atoms with E-state index in [-0.39, 0.29) is 0 Å². The summed E-state index contributed by atoms with van der Waals surface area (Å²) in [6.45, 7) is 0. The van der Waals surface area contributed by atoms with Crippen LogP contribution >= 0.6 is 0 Å². The van der Waals surface area contributed by atoms with E-state index < -0.39 is 27.0 Å². The van der Waals surface area contributed by atoms with E-state index in [9.17, 15) is 0 Å². The maximum atomic E-state index is 2.65. The number of hydrogen-bond donors (Lipinski definition) is 0. The van der Waals surface area contributed by atoms with E-state index >= 15 is 0 Å². The molecule has 0 bridgehead atoms. The van der Waals surface area contributed by atoms with Gasteiger partial charge < -0.3 is 9.80 Å². The van der Waals surface area contributed by atoms with Crippen LogP contribution in [0.5, 0.6) is 0 Å². The summed E-state index contributed by atoms with van der Waals surface area (Å²) < 4.78 is 0. The lowest BCUT2D eigenvalue weighted by Crippen LogP contribution is -2.72. The predicted molar refractivity (Wildman–Crippen MR) is 440 cm³/mol. The lowest BCUT2D eigenvalue weighted by atomic mass is 9.62. The third kappa shape index (κ3) is 8.32. The van der Waals surface area contributed by atoms with Gasteiger partial charge in [0.2, 0.25) is 0 Å². The molecule has 4 heterocycles. The largest absolute Gasteiger partial charge is 0.310 e. The Kier molecular flexibility index (Phi) is 13.5. The predicted octanol–water partition coefficient (Wildman–Crippen LogP) is 19.0. The summed E-state index contributed by atoms with van der Waals surface area (Å²) in [6, 6.07) is 158. The Hall–Kier alpha value is -12.7. The molecule has 17 aromatic rings. The number of hydrogen-bond acceptors (Lipinski definition) is 2. The van der Waals surface area contributed by atoms with Gasteiger partial charge in [-0.15, -0.1) is 0 Å². The Labute approximate surface area is 609 Å². The Morgan fingerprint density at radius 3 is 0.808 bits per heavy atom. The highest BCUT2D eigenvalue weighted by Gasteiger charge is 2.55. The average molecular weight is 1350 g/mol. The maximum Gasteiger partial charge on any atom is 0.180 e. The summed E-state index contributed by atoms with van der Waals surface area (Å²) in [4.78, 5) is 5.22. The zero-order valence-corrected chi connectivity index (χ0v) is 59.2. The molecule has 0 aromatic heterocycles. The molecule has 4 heteroatoms. The number of nitrogens with zero attached hydrogens (tertiary/aromatic N) is 2. The molecule has 17 aromatic carbocycles. The van der Waals surface area contributed by atoms with Crippen molar-refractivity contribution < 1.29 is 0 Å². The molecule has 4 aliphatic rings. The highest BCUT2D eigenvalue weighted by Crippen LogP contribution is 2.61. The molecule has 0 radical (unpaired) electrons. The van der Waals surface area contributed by atoms with E-state index in [2.05, 4.69) is 422 Å². The first kappa shape index (κ1) is 60.1. The van der Waals surface area contributed by atoms with Crippen LogP contribution in [-0.4, -0.2) is 16.1 Å². The standard InChI is InChI=1S/C100H68N2Si2/c1-9-33-73(34-10-1)99(74-35-11-2-12-36-74)87-51-27-29-53-91(87)101(93-67-97-85(65-89(93)99)83-49-25-31-55-95(83)103(97,79-41-17-5-18-42-79)80-43-19-6-20-44-80)77-59-57-69-62-72-64-78(60-58-70(72)61-71(69)63-77)102-92-54-30-28-52-88(92)100(75-37-13-3-14-38-75,76-39-15-4-16-40-76)90-66-86-84-50-26-32-56-96(84)104(98(86)68-94(90)102,81-45-21-7-22-46-81)82-47-23-8-24-48-82/h1-68H. The van der Waals surface area contributed by atoms with E-state index in [0.29, 0.717) is 0 Å². The van der Waals surface area contributed by atoms with Crippen molar-refractivity contribution in [3.05, 3.63) is 457 Å². The average Bonchev–Trinajstić information content (AvgIpc) is 1.33. The van der Waals surface area contributed by atoms with E-state index in [1.807, 2.05) is 0 Å². The van der Waals surface area contributed by atoms with Gasteiger partial charge >= 0.3 is 0 Å². The van der Waals surface area contributed by atoms with Crippen molar-refractivity contribution in [3.63, 3.8) is 0 Å². The first-order chi connectivity index (χ1) is 51.6. The molecular weight excluding hydrogens is 1290 g/mol.